The highest BCUT2D eigenvalue weighted by Crippen LogP contribution is 2.35. The first-order chi connectivity index (χ1) is 12.2. The summed E-state index contributed by atoms with van der Waals surface area (Å²) in [5.41, 5.74) is 2.18. The Bertz CT molecular complexity index is 782. The maximum Gasteiger partial charge on any atom is 0.265 e. The third-order valence-corrected chi connectivity index (χ3v) is 7.74. The number of anilines is 1. The van der Waals surface area contributed by atoms with Crippen LogP contribution in [0.2, 0.25) is 0 Å². The van der Waals surface area contributed by atoms with Crippen LogP contribution in [0.1, 0.15) is 25.0 Å². The Morgan fingerprint density at radius 2 is 1.41 bits per heavy atom. The van der Waals surface area contributed by atoms with Gasteiger partial charge in [0, 0.05) is 24.0 Å². The van der Waals surface area contributed by atoms with Crippen molar-refractivity contribution >= 4 is 47.5 Å². The molecule has 1 rings (SSSR count). The smallest absolute Gasteiger partial charge is 0.265 e. The largest absolute Gasteiger partial charge is 0.373 e. The van der Waals surface area contributed by atoms with Gasteiger partial charge in [-0.05, 0) is 56.2 Å². The van der Waals surface area contributed by atoms with E-state index in [0.717, 1.165) is 12.2 Å². The summed E-state index contributed by atoms with van der Waals surface area (Å²) in [7, 11) is -2.86. The van der Waals surface area contributed by atoms with E-state index in [4.69, 9.17) is 9.11 Å². The van der Waals surface area contributed by atoms with Crippen molar-refractivity contribution in [3.8, 4) is 0 Å². The van der Waals surface area contributed by atoms with Crippen molar-refractivity contribution in [2.75, 3.05) is 36.3 Å². The first kappa shape index (κ1) is 24.6. The van der Waals surface area contributed by atoms with Gasteiger partial charge in [0.25, 0.3) is 20.2 Å². The van der Waals surface area contributed by atoms with Gasteiger partial charge in [-0.1, -0.05) is 27.7 Å². The average Bonchev–Trinajstić information content (AvgIpc) is 2.49. The number of benzene rings is 1. The Labute approximate surface area is 170 Å². The molecule has 7 nitrogen and oxygen atoms in total. The first-order valence-corrected chi connectivity index (χ1v) is 13.9. The topological polar surface area (TPSA) is 112 Å². The Morgan fingerprint density at radius 3 is 1.78 bits per heavy atom. The summed E-state index contributed by atoms with van der Waals surface area (Å²) in [6.45, 7) is 4.95. The zero-order valence-electron chi connectivity index (χ0n) is 15.9. The molecule has 0 atom stereocenters. The standard InChI is InChI=1S/C16H27NO6S4/c1-16(2,25-24-4)12-17(3)15-10-13(5-7-26(18,19)20)9-14(11-15)6-8-27(21,22)23/h9-11H,5-8,12H2,1-4H3,(H,18,19,20)(H,21,22,23). The van der Waals surface area contributed by atoms with E-state index < -0.39 is 31.7 Å². The van der Waals surface area contributed by atoms with Gasteiger partial charge >= 0.3 is 0 Å². The summed E-state index contributed by atoms with van der Waals surface area (Å²) >= 11 is 0. The second kappa shape index (κ2) is 9.84. The Kier molecular flexibility index (Phi) is 8.96. The fourth-order valence-electron chi connectivity index (χ4n) is 2.66. The van der Waals surface area contributed by atoms with Crippen LogP contribution in [0.3, 0.4) is 0 Å². The molecule has 0 heterocycles. The lowest BCUT2D eigenvalue weighted by atomic mass is 10.0. The summed E-state index contributed by atoms with van der Waals surface area (Å²) in [5, 5.41) is 0. The quantitative estimate of drug-likeness (QED) is 0.382. The van der Waals surface area contributed by atoms with Gasteiger partial charge in [-0.15, -0.1) is 0 Å². The second-order valence-corrected chi connectivity index (χ2v) is 13.2. The van der Waals surface area contributed by atoms with Gasteiger partial charge in [0.1, 0.15) is 0 Å². The van der Waals surface area contributed by atoms with E-state index in [0.29, 0.717) is 11.1 Å². The third-order valence-electron chi connectivity index (χ3n) is 3.70. The molecule has 156 valence electrons. The molecule has 0 spiro atoms. The highest BCUT2D eigenvalue weighted by atomic mass is 33.1. The molecule has 1 aromatic carbocycles. The zero-order chi connectivity index (χ0) is 20.9. The molecule has 0 fully saturated rings. The Hall–Kier alpha value is -0.460. The van der Waals surface area contributed by atoms with Gasteiger partial charge in [-0.25, -0.2) is 0 Å². The third kappa shape index (κ3) is 10.6. The van der Waals surface area contributed by atoms with Crippen molar-refractivity contribution in [1.82, 2.24) is 0 Å². The van der Waals surface area contributed by atoms with Crippen LogP contribution in [0.25, 0.3) is 0 Å². The lowest BCUT2D eigenvalue weighted by molar-refractivity contribution is 0.480. The maximum absolute atomic E-state index is 11.1. The van der Waals surface area contributed by atoms with Crippen LogP contribution in [-0.2, 0) is 33.1 Å². The van der Waals surface area contributed by atoms with Crippen molar-refractivity contribution in [1.29, 1.82) is 0 Å². The minimum absolute atomic E-state index is 0.0345. The molecule has 0 radical (unpaired) electrons. The van der Waals surface area contributed by atoms with Crippen molar-refractivity contribution in [2.24, 2.45) is 0 Å². The molecule has 0 aliphatic carbocycles. The molecular formula is C16H27NO6S4. The number of rotatable bonds is 11. The minimum atomic E-state index is -4.10. The summed E-state index contributed by atoms with van der Waals surface area (Å²) < 4.78 is 62.2. The molecule has 0 saturated heterocycles. The molecule has 27 heavy (non-hydrogen) atoms. The van der Waals surface area contributed by atoms with E-state index in [1.165, 1.54) is 0 Å². The van der Waals surface area contributed by atoms with Crippen molar-refractivity contribution < 1.29 is 25.9 Å². The molecule has 1 aromatic rings. The summed E-state index contributed by atoms with van der Waals surface area (Å²) in [6.07, 6.45) is 2.24. The molecule has 0 aromatic heterocycles. The molecule has 0 aliphatic rings. The van der Waals surface area contributed by atoms with Crippen LogP contribution in [-0.4, -0.2) is 62.0 Å². The number of hydrogen-bond acceptors (Lipinski definition) is 7. The van der Waals surface area contributed by atoms with E-state index in [9.17, 15) is 16.8 Å². The summed E-state index contributed by atoms with van der Waals surface area (Å²) in [4.78, 5) is 2.02. The van der Waals surface area contributed by atoms with Gasteiger partial charge in [0.2, 0.25) is 0 Å². The molecule has 2 N–H and O–H groups in total. The first-order valence-electron chi connectivity index (χ1n) is 8.17. The molecule has 0 amide bonds. The Balaban J connectivity index is 3.12. The summed E-state index contributed by atoms with van der Waals surface area (Å²) in [6, 6.07) is 5.37. The molecule has 0 aliphatic heterocycles. The van der Waals surface area contributed by atoms with E-state index in [1.807, 2.05) is 30.3 Å². The predicted molar refractivity (Wildman–Crippen MR) is 115 cm³/mol. The van der Waals surface area contributed by atoms with Crippen LogP contribution in [0.15, 0.2) is 18.2 Å². The SMILES string of the molecule is CSSC(C)(C)CN(C)c1cc(CCS(=O)(=O)O)cc(CCS(=O)(=O)O)c1. The second-order valence-electron chi connectivity index (χ2n) is 6.95. The maximum atomic E-state index is 11.1. The predicted octanol–water partition coefficient (Wildman–Crippen LogP) is 2.77. The fourth-order valence-corrected chi connectivity index (χ4v) is 5.86. The van der Waals surface area contributed by atoms with Gasteiger partial charge in [0.05, 0.1) is 11.5 Å². The minimum Gasteiger partial charge on any atom is -0.373 e. The van der Waals surface area contributed by atoms with E-state index in [-0.39, 0.29) is 17.6 Å². The molecule has 0 bridgehead atoms. The van der Waals surface area contributed by atoms with Crippen molar-refractivity contribution in [3.63, 3.8) is 0 Å². The van der Waals surface area contributed by atoms with E-state index in [1.54, 1.807) is 27.7 Å². The lowest BCUT2D eigenvalue weighted by Crippen LogP contribution is -2.33. The molecule has 0 saturated carbocycles. The van der Waals surface area contributed by atoms with Crippen LogP contribution < -0.4 is 4.90 Å². The summed E-state index contributed by atoms with van der Waals surface area (Å²) in [5.74, 6) is -0.822. The van der Waals surface area contributed by atoms with Crippen LogP contribution in [0.4, 0.5) is 5.69 Å². The van der Waals surface area contributed by atoms with Gasteiger partial charge in [0.15, 0.2) is 0 Å². The highest BCUT2D eigenvalue weighted by Gasteiger charge is 2.21. The van der Waals surface area contributed by atoms with E-state index >= 15 is 0 Å². The van der Waals surface area contributed by atoms with Crippen molar-refractivity contribution in [3.05, 3.63) is 29.3 Å². The number of hydrogen-bond donors (Lipinski definition) is 2. The molecule has 11 heteroatoms. The van der Waals surface area contributed by atoms with Crippen LogP contribution in [0, 0.1) is 0 Å². The van der Waals surface area contributed by atoms with Gasteiger partial charge in [-0.2, -0.15) is 16.8 Å². The lowest BCUT2D eigenvalue weighted by Gasteiger charge is -2.31. The monoisotopic (exact) mass is 457 g/mol. The fraction of sp³-hybridized carbons (Fsp3) is 0.625. The normalized spacial score (nSPS) is 13.0. The molecular weight excluding hydrogens is 430 g/mol. The van der Waals surface area contributed by atoms with Crippen molar-refractivity contribution in [2.45, 2.75) is 31.4 Å². The number of aryl methyl sites for hydroxylation is 2. The van der Waals surface area contributed by atoms with Gasteiger partial charge in [-0.3, -0.25) is 9.11 Å². The number of nitrogens with zero attached hydrogens (tertiary/aromatic N) is 1. The van der Waals surface area contributed by atoms with E-state index in [2.05, 4.69) is 13.8 Å². The van der Waals surface area contributed by atoms with Crippen LogP contribution >= 0.6 is 21.6 Å². The highest BCUT2D eigenvalue weighted by molar-refractivity contribution is 8.77. The van der Waals surface area contributed by atoms with Crippen LogP contribution in [0.5, 0.6) is 0 Å². The van der Waals surface area contributed by atoms with Gasteiger partial charge < -0.3 is 4.90 Å². The Morgan fingerprint density at radius 1 is 0.963 bits per heavy atom. The zero-order valence-corrected chi connectivity index (χ0v) is 19.1. The average molecular weight is 458 g/mol. The molecule has 0 unspecified atom stereocenters.